The summed E-state index contributed by atoms with van der Waals surface area (Å²) < 4.78 is 5.46. The fourth-order valence-electron chi connectivity index (χ4n) is 3.24. The van der Waals surface area contributed by atoms with Gasteiger partial charge in [0, 0.05) is 19.8 Å². The SMILES string of the molecule is O=C(NCc1ccccc1)C(c1ccccc1)C1CCOCC1. The molecule has 3 nitrogen and oxygen atoms in total. The number of hydrogen-bond donors (Lipinski definition) is 1. The zero-order valence-electron chi connectivity index (χ0n) is 13.3. The summed E-state index contributed by atoms with van der Waals surface area (Å²) in [7, 11) is 0. The first-order valence-electron chi connectivity index (χ1n) is 8.29. The first-order chi connectivity index (χ1) is 11.3. The predicted octanol–water partition coefficient (Wildman–Crippen LogP) is 3.51. The van der Waals surface area contributed by atoms with Crippen molar-refractivity contribution in [1.29, 1.82) is 0 Å². The number of rotatable bonds is 5. The number of carbonyl (C=O) groups is 1. The van der Waals surface area contributed by atoms with Gasteiger partial charge in [-0.2, -0.15) is 0 Å². The molecule has 1 N–H and O–H groups in total. The maximum Gasteiger partial charge on any atom is 0.228 e. The van der Waals surface area contributed by atoms with Crippen LogP contribution < -0.4 is 5.32 Å². The van der Waals surface area contributed by atoms with Gasteiger partial charge in [0.05, 0.1) is 5.92 Å². The minimum absolute atomic E-state index is 0.0937. The van der Waals surface area contributed by atoms with Crippen molar-refractivity contribution in [3.8, 4) is 0 Å². The molecule has 0 aromatic heterocycles. The zero-order valence-corrected chi connectivity index (χ0v) is 13.3. The van der Waals surface area contributed by atoms with E-state index < -0.39 is 0 Å². The van der Waals surface area contributed by atoms with Gasteiger partial charge in [0.25, 0.3) is 0 Å². The lowest BCUT2D eigenvalue weighted by molar-refractivity contribution is -0.124. The molecule has 2 aromatic carbocycles. The molecule has 1 aliphatic rings. The van der Waals surface area contributed by atoms with Gasteiger partial charge in [-0.05, 0) is 29.9 Å². The van der Waals surface area contributed by atoms with Crippen LogP contribution >= 0.6 is 0 Å². The second-order valence-electron chi connectivity index (χ2n) is 6.04. The Morgan fingerprint density at radius 1 is 1.00 bits per heavy atom. The van der Waals surface area contributed by atoms with E-state index in [4.69, 9.17) is 4.74 Å². The number of ether oxygens (including phenoxy) is 1. The van der Waals surface area contributed by atoms with Crippen molar-refractivity contribution in [1.82, 2.24) is 5.32 Å². The van der Waals surface area contributed by atoms with Crippen molar-refractivity contribution in [3.63, 3.8) is 0 Å². The fraction of sp³-hybridized carbons (Fsp3) is 0.350. The molecular formula is C20H23NO2. The molecule has 0 aliphatic carbocycles. The molecule has 1 fully saturated rings. The maximum atomic E-state index is 12.9. The molecule has 23 heavy (non-hydrogen) atoms. The molecule has 0 spiro atoms. The lowest BCUT2D eigenvalue weighted by atomic mass is 9.80. The summed E-state index contributed by atoms with van der Waals surface area (Å²) in [5.41, 5.74) is 2.23. The number of hydrogen-bond acceptors (Lipinski definition) is 2. The van der Waals surface area contributed by atoms with Crippen molar-refractivity contribution >= 4 is 5.91 Å². The Hall–Kier alpha value is -2.13. The van der Waals surface area contributed by atoms with Gasteiger partial charge in [0.15, 0.2) is 0 Å². The van der Waals surface area contributed by atoms with Gasteiger partial charge in [0.2, 0.25) is 5.91 Å². The first kappa shape index (κ1) is 15.8. The highest BCUT2D eigenvalue weighted by Gasteiger charge is 2.30. The molecule has 0 bridgehead atoms. The van der Waals surface area contributed by atoms with E-state index in [0.717, 1.165) is 37.2 Å². The smallest absolute Gasteiger partial charge is 0.228 e. The van der Waals surface area contributed by atoms with Crippen molar-refractivity contribution in [3.05, 3.63) is 71.8 Å². The van der Waals surface area contributed by atoms with Crippen LogP contribution in [0.25, 0.3) is 0 Å². The maximum absolute atomic E-state index is 12.9. The van der Waals surface area contributed by atoms with E-state index in [0.29, 0.717) is 12.5 Å². The lowest BCUT2D eigenvalue weighted by Crippen LogP contribution is -2.35. The van der Waals surface area contributed by atoms with Crippen LogP contribution in [0, 0.1) is 5.92 Å². The van der Waals surface area contributed by atoms with E-state index in [2.05, 4.69) is 17.4 Å². The summed E-state index contributed by atoms with van der Waals surface area (Å²) in [4.78, 5) is 12.9. The number of carbonyl (C=O) groups excluding carboxylic acids is 1. The minimum Gasteiger partial charge on any atom is -0.381 e. The largest absolute Gasteiger partial charge is 0.381 e. The third-order valence-corrected chi connectivity index (χ3v) is 4.49. The fourth-order valence-corrected chi connectivity index (χ4v) is 3.24. The van der Waals surface area contributed by atoms with Gasteiger partial charge in [-0.3, -0.25) is 4.79 Å². The van der Waals surface area contributed by atoms with Crippen molar-refractivity contribution in [2.45, 2.75) is 25.3 Å². The van der Waals surface area contributed by atoms with Crippen LogP contribution in [0.5, 0.6) is 0 Å². The number of amides is 1. The van der Waals surface area contributed by atoms with Crippen LogP contribution in [0.3, 0.4) is 0 Å². The average molecular weight is 309 g/mol. The predicted molar refractivity (Wildman–Crippen MR) is 91.0 cm³/mol. The second kappa shape index (κ2) is 7.93. The van der Waals surface area contributed by atoms with E-state index in [1.165, 1.54) is 0 Å². The third-order valence-electron chi connectivity index (χ3n) is 4.49. The van der Waals surface area contributed by atoms with Gasteiger partial charge >= 0.3 is 0 Å². The van der Waals surface area contributed by atoms with Gasteiger partial charge in [0.1, 0.15) is 0 Å². The Balaban J connectivity index is 1.73. The Bertz CT molecular complexity index is 606. The van der Waals surface area contributed by atoms with Crippen LogP contribution in [-0.2, 0) is 16.1 Å². The highest BCUT2D eigenvalue weighted by molar-refractivity contribution is 5.84. The van der Waals surface area contributed by atoms with Gasteiger partial charge in [-0.25, -0.2) is 0 Å². The van der Waals surface area contributed by atoms with E-state index in [1.54, 1.807) is 0 Å². The van der Waals surface area contributed by atoms with Gasteiger partial charge in [-0.1, -0.05) is 60.7 Å². The summed E-state index contributed by atoms with van der Waals surface area (Å²) in [5.74, 6) is 0.373. The first-order valence-corrected chi connectivity index (χ1v) is 8.29. The Labute approximate surface area is 137 Å². The average Bonchev–Trinajstić information content (AvgIpc) is 2.63. The lowest BCUT2D eigenvalue weighted by Gasteiger charge is -2.30. The van der Waals surface area contributed by atoms with Crippen LogP contribution in [0.2, 0.25) is 0 Å². The van der Waals surface area contributed by atoms with E-state index >= 15 is 0 Å². The van der Waals surface area contributed by atoms with E-state index in [9.17, 15) is 4.79 Å². The van der Waals surface area contributed by atoms with Crippen molar-refractivity contribution in [2.75, 3.05) is 13.2 Å². The Morgan fingerprint density at radius 3 is 2.26 bits per heavy atom. The van der Waals surface area contributed by atoms with Gasteiger partial charge < -0.3 is 10.1 Å². The van der Waals surface area contributed by atoms with Crippen LogP contribution in [0.4, 0.5) is 0 Å². The summed E-state index contributed by atoms with van der Waals surface area (Å²) in [6.45, 7) is 2.08. The molecule has 2 aromatic rings. The summed E-state index contributed by atoms with van der Waals surface area (Å²) >= 11 is 0. The quantitative estimate of drug-likeness (QED) is 0.918. The van der Waals surface area contributed by atoms with Crippen molar-refractivity contribution < 1.29 is 9.53 Å². The standard InChI is InChI=1S/C20H23NO2/c22-20(21-15-16-7-3-1-4-8-16)19(17-9-5-2-6-10-17)18-11-13-23-14-12-18/h1-10,18-19H,11-15H2,(H,21,22). The molecule has 120 valence electrons. The summed E-state index contributed by atoms with van der Waals surface area (Å²) in [6.07, 6.45) is 1.89. The highest BCUT2D eigenvalue weighted by Crippen LogP contribution is 2.32. The molecule has 1 saturated heterocycles. The van der Waals surface area contributed by atoms with Gasteiger partial charge in [-0.15, -0.1) is 0 Å². The molecule has 1 unspecified atom stereocenters. The van der Waals surface area contributed by atoms with E-state index in [1.807, 2.05) is 48.5 Å². The normalized spacial score (nSPS) is 16.7. The van der Waals surface area contributed by atoms with Crippen molar-refractivity contribution in [2.24, 2.45) is 5.92 Å². The zero-order chi connectivity index (χ0) is 15.9. The molecule has 3 heteroatoms. The summed E-state index contributed by atoms with van der Waals surface area (Å²) in [5, 5.41) is 3.12. The van der Waals surface area contributed by atoms with Crippen LogP contribution in [0.1, 0.15) is 29.9 Å². The minimum atomic E-state index is -0.0937. The molecular weight excluding hydrogens is 286 g/mol. The Morgan fingerprint density at radius 2 is 1.61 bits per heavy atom. The van der Waals surface area contributed by atoms with Crippen LogP contribution in [0.15, 0.2) is 60.7 Å². The highest BCUT2D eigenvalue weighted by atomic mass is 16.5. The summed E-state index contributed by atoms with van der Waals surface area (Å²) in [6, 6.07) is 20.2. The molecule has 1 aliphatic heterocycles. The number of nitrogens with one attached hydrogen (secondary N) is 1. The van der Waals surface area contributed by atoms with Crippen LogP contribution in [-0.4, -0.2) is 19.1 Å². The molecule has 1 amide bonds. The number of benzene rings is 2. The molecule has 0 radical (unpaired) electrons. The monoisotopic (exact) mass is 309 g/mol. The molecule has 0 saturated carbocycles. The Kier molecular flexibility index (Phi) is 5.43. The molecule has 1 heterocycles. The second-order valence-corrected chi connectivity index (χ2v) is 6.04. The third kappa shape index (κ3) is 4.20. The topological polar surface area (TPSA) is 38.3 Å². The molecule has 1 atom stereocenters. The van der Waals surface area contributed by atoms with E-state index in [-0.39, 0.29) is 11.8 Å². The molecule has 3 rings (SSSR count).